The molecule has 2 aromatic carbocycles. The van der Waals surface area contributed by atoms with E-state index in [1.54, 1.807) is 24.3 Å². The molecule has 0 aliphatic rings. The van der Waals surface area contributed by atoms with E-state index in [1.165, 1.54) is 6.07 Å². The molecule has 0 amide bonds. The normalized spacial score (nSPS) is 11.6. The molecule has 0 radical (unpaired) electrons. The minimum Gasteiger partial charge on any atom is -0.488 e. The van der Waals surface area contributed by atoms with E-state index in [2.05, 4.69) is 18.3 Å². The van der Waals surface area contributed by atoms with Gasteiger partial charge < -0.3 is 19.0 Å². The molecule has 0 unspecified atom stereocenters. The maximum atomic E-state index is 12.9. The fourth-order valence-electron chi connectivity index (χ4n) is 3.18. The highest BCUT2D eigenvalue weighted by molar-refractivity contribution is 5.85. The van der Waals surface area contributed by atoms with Gasteiger partial charge in [-0.15, -0.1) is 0 Å². The quantitative estimate of drug-likeness (QED) is 0.354. The van der Waals surface area contributed by atoms with Gasteiger partial charge in [0.25, 0.3) is 0 Å². The monoisotopic (exact) mass is 433 g/mol. The zero-order valence-corrected chi connectivity index (χ0v) is 18.3. The highest BCUT2D eigenvalue weighted by Gasteiger charge is 2.16. The van der Waals surface area contributed by atoms with E-state index >= 15 is 0 Å². The first-order chi connectivity index (χ1) is 15.5. The van der Waals surface area contributed by atoms with Crippen molar-refractivity contribution in [3.8, 4) is 11.5 Å². The fraction of sp³-hybridized carbons (Fsp3) is 0.231. The summed E-state index contributed by atoms with van der Waals surface area (Å²) in [5, 5.41) is 9.92. The Morgan fingerprint density at radius 2 is 1.94 bits per heavy atom. The summed E-state index contributed by atoms with van der Waals surface area (Å²) in [5.41, 5.74) is 2.38. The zero-order chi connectivity index (χ0) is 23.1. The Labute approximate surface area is 187 Å². The van der Waals surface area contributed by atoms with Crippen LogP contribution in [0.3, 0.4) is 0 Å². The SMILES string of the molecule is C=C/C=C(/COc1cc(OCc2ccccc2CO)c2c(=O)cc(C(C)C)oc2c1)N=C. The molecular formula is C26H27NO5. The summed E-state index contributed by atoms with van der Waals surface area (Å²) in [7, 11) is 0. The Balaban J connectivity index is 2.03. The molecule has 1 N–H and O–H groups in total. The molecule has 0 bridgehead atoms. The number of aliphatic imine (C=N–C) groups is 1. The molecule has 0 aliphatic heterocycles. The maximum absolute atomic E-state index is 12.9. The molecule has 6 nitrogen and oxygen atoms in total. The number of allylic oxidation sites excluding steroid dienone is 2. The molecule has 0 fully saturated rings. The second kappa shape index (κ2) is 10.6. The second-order valence-electron chi connectivity index (χ2n) is 7.52. The van der Waals surface area contributed by atoms with Crippen molar-refractivity contribution in [3.05, 3.63) is 94.0 Å². The lowest BCUT2D eigenvalue weighted by atomic mass is 10.1. The number of benzene rings is 2. The van der Waals surface area contributed by atoms with E-state index in [4.69, 9.17) is 13.9 Å². The number of fused-ring (bicyclic) bond motifs is 1. The third-order valence-electron chi connectivity index (χ3n) is 4.93. The van der Waals surface area contributed by atoms with Crippen molar-refractivity contribution < 1.29 is 19.0 Å². The topological polar surface area (TPSA) is 81.3 Å². The van der Waals surface area contributed by atoms with Crippen molar-refractivity contribution in [2.75, 3.05) is 6.61 Å². The van der Waals surface area contributed by atoms with Gasteiger partial charge in [0.2, 0.25) is 0 Å². The van der Waals surface area contributed by atoms with Crippen LogP contribution in [-0.4, -0.2) is 18.4 Å². The molecule has 0 saturated carbocycles. The van der Waals surface area contributed by atoms with Gasteiger partial charge in [-0.2, -0.15) is 0 Å². The van der Waals surface area contributed by atoms with Crippen molar-refractivity contribution in [3.63, 3.8) is 0 Å². The van der Waals surface area contributed by atoms with Crippen LogP contribution in [0.15, 0.2) is 81.1 Å². The highest BCUT2D eigenvalue weighted by atomic mass is 16.5. The van der Waals surface area contributed by atoms with Crippen LogP contribution < -0.4 is 14.9 Å². The maximum Gasteiger partial charge on any atom is 0.196 e. The highest BCUT2D eigenvalue weighted by Crippen LogP contribution is 2.32. The Bertz CT molecular complexity index is 1210. The number of nitrogens with zero attached hydrogens (tertiary/aromatic N) is 1. The molecule has 0 atom stereocenters. The van der Waals surface area contributed by atoms with E-state index in [0.29, 0.717) is 33.9 Å². The van der Waals surface area contributed by atoms with Crippen LogP contribution in [0.1, 0.15) is 36.7 Å². The summed E-state index contributed by atoms with van der Waals surface area (Å²) in [6.45, 7) is 11.3. The van der Waals surface area contributed by atoms with Crippen LogP contribution >= 0.6 is 0 Å². The number of rotatable bonds is 10. The average Bonchev–Trinajstić information content (AvgIpc) is 2.79. The van der Waals surface area contributed by atoms with Crippen molar-refractivity contribution in [1.82, 2.24) is 0 Å². The summed E-state index contributed by atoms with van der Waals surface area (Å²) in [6, 6.07) is 12.2. The number of ether oxygens (including phenoxy) is 2. The first-order valence-electron chi connectivity index (χ1n) is 10.3. The summed E-state index contributed by atoms with van der Waals surface area (Å²) in [5.74, 6) is 1.43. The third kappa shape index (κ3) is 5.34. The number of hydrogen-bond acceptors (Lipinski definition) is 6. The predicted octanol–water partition coefficient (Wildman–Crippen LogP) is 5.14. The number of aliphatic hydroxyl groups is 1. The Hall–Kier alpha value is -3.64. The molecule has 32 heavy (non-hydrogen) atoms. The molecule has 3 rings (SSSR count). The van der Waals surface area contributed by atoms with Gasteiger partial charge in [-0.25, -0.2) is 0 Å². The van der Waals surface area contributed by atoms with Gasteiger partial charge >= 0.3 is 0 Å². The largest absolute Gasteiger partial charge is 0.488 e. The minimum atomic E-state index is -0.188. The van der Waals surface area contributed by atoms with Gasteiger partial charge in [0.05, 0.1) is 12.3 Å². The average molecular weight is 434 g/mol. The standard InChI is InChI=1S/C26H27NO5/c1-5-8-20(27-4)16-30-21-11-24(31-15-19-10-7-6-9-18(19)14-28)26-22(29)13-23(17(2)3)32-25(26)12-21/h5-13,17,28H,1,4,14-16H2,2-3H3/b20-8-. The van der Waals surface area contributed by atoms with Gasteiger partial charge in [-0.3, -0.25) is 9.79 Å². The Morgan fingerprint density at radius 3 is 2.59 bits per heavy atom. The van der Waals surface area contributed by atoms with Crippen molar-refractivity contribution in [2.45, 2.75) is 33.0 Å². The van der Waals surface area contributed by atoms with Gasteiger partial charge in [0, 0.05) is 24.1 Å². The van der Waals surface area contributed by atoms with Crippen LogP contribution in [0.2, 0.25) is 0 Å². The first-order valence-corrected chi connectivity index (χ1v) is 10.3. The summed E-state index contributed by atoms with van der Waals surface area (Å²) in [4.78, 5) is 16.8. The second-order valence-corrected chi connectivity index (χ2v) is 7.52. The van der Waals surface area contributed by atoms with Crippen molar-refractivity contribution in [1.29, 1.82) is 0 Å². The van der Waals surface area contributed by atoms with E-state index in [1.807, 2.05) is 38.1 Å². The Kier molecular flexibility index (Phi) is 7.63. The molecule has 1 aromatic heterocycles. The van der Waals surface area contributed by atoms with Gasteiger partial charge in [-0.1, -0.05) is 50.8 Å². The molecule has 0 saturated heterocycles. The van der Waals surface area contributed by atoms with Crippen molar-refractivity contribution >= 4 is 17.7 Å². The molecule has 166 valence electrons. The van der Waals surface area contributed by atoms with E-state index < -0.39 is 0 Å². The van der Waals surface area contributed by atoms with Gasteiger partial charge in [0.1, 0.15) is 41.4 Å². The molecule has 0 aliphatic carbocycles. The fourth-order valence-corrected chi connectivity index (χ4v) is 3.18. The minimum absolute atomic E-state index is 0.0459. The lowest BCUT2D eigenvalue weighted by Crippen LogP contribution is -2.08. The summed E-state index contributed by atoms with van der Waals surface area (Å²) < 4.78 is 17.9. The van der Waals surface area contributed by atoms with Crippen LogP contribution in [-0.2, 0) is 13.2 Å². The zero-order valence-electron chi connectivity index (χ0n) is 18.3. The van der Waals surface area contributed by atoms with E-state index in [-0.39, 0.29) is 31.2 Å². The molecule has 1 heterocycles. The molecule has 6 heteroatoms. The van der Waals surface area contributed by atoms with Crippen LogP contribution in [0.4, 0.5) is 0 Å². The van der Waals surface area contributed by atoms with Crippen LogP contribution in [0, 0.1) is 0 Å². The number of hydrogen-bond donors (Lipinski definition) is 1. The van der Waals surface area contributed by atoms with Gasteiger partial charge in [-0.05, 0) is 23.9 Å². The lowest BCUT2D eigenvalue weighted by molar-refractivity contribution is 0.269. The van der Waals surface area contributed by atoms with Crippen molar-refractivity contribution in [2.24, 2.45) is 4.99 Å². The van der Waals surface area contributed by atoms with Crippen LogP contribution in [0.5, 0.6) is 11.5 Å². The van der Waals surface area contributed by atoms with Crippen LogP contribution in [0.25, 0.3) is 11.0 Å². The number of aliphatic hydroxyl groups excluding tert-OH is 1. The lowest BCUT2D eigenvalue weighted by Gasteiger charge is -2.14. The predicted molar refractivity (Wildman–Crippen MR) is 127 cm³/mol. The molecular weight excluding hydrogens is 406 g/mol. The van der Waals surface area contributed by atoms with Gasteiger partial charge in [0.15, 0.2) is 5.43 Å². The Morgan fingerprint density at radius 1 is 1.19 bits per heavy atom. The first kappa shape index (κ1) is 23.0. The smallest absolute Gasteiger partial charge is 0.196 e. The summed E-state index contributed by atoms with van der Waals surface area (Å²) in [6.07, 6.45) is 3.31. The van der Waals surface area contributed by atoms with E-state index in [0.717, 1.165) is 11.1 Å². The molecule has 0 spiro atoms. The molecule has 3 aromatic rings. The van der Waals surface area contributed by atoms with E-state index in [9.17, 15) is 9.90 Å². The summed E-state index contributed by atoms with van der Waals surface area (Å²) >= 11 is 0. The third-order valence-corrected chi connectivity index (χ3v) is 4.93.